The number of hydrogen-bond donors (Lipinski definition) is 1. The average Bonchev–Trinajstić information content (AvgIpc) is 2.32. The SMILES string of the molecule is Nc1cccnc1SCc1ccc(F)c(F)c1. The average molecular weight is 252 g/mol. The summed E-state index contributed by atoms with van der Waals surface area (Å²) in [6.07, 6.45) is 1.64. The Bertz CT molecular complexity index is 532. The van der Waals surface area contributed by atoms with E-state index in [1.165, 1.54) is 17.8 Å². The molecule has 2 N–H and O–H groups in total. The third kappa shape index (κ3) is 2.94. The Morgan fingerprint density at radius 2 is 2.00 bits per heavy atom. The number of nitrogens with zero attached hydrogens (tertiary/aromatic N) is 1. The molecule has 0 fully saturated rings. The van der Waals surface area contributed by atoms with Crippen LogP contribution in [0.5, 0.6) is 0 Å². The van der Waals surface area contributed by atoms with Crippen LogP contribution < -0.4 is 5.73 Å². The molecule has 1 aromatic carbocycles. The highest BCUT2D eigenvalue weighted by Crippen LogP contribution is 2.25. The van der Waals surface area contributed by atoms with Crippen molar-refractivity contribution in [1.29, 1.82) is 0 Å². The predicted molar refractivity (Wildman–Crippen MR) is 64.6 cm³/mol. The van der Waals surface area contributed by atoms with E-state index in [1.54, 1.807) is 24.4 Å². The van der Waals surface area contributed by atoms with Gasteiger partial charge in [-0.05, 0) is 29.8 Å². The number of thioether (sulfide) groups is 1. The van der Waals surface area contributed by atoms with Gasteiger partial charge in [-0.15, -0.1) is 0 Å². The van der Waals surface area contributed by atoms with Crippen molar-refractivity contribution in [3.8, 4) is 0 Å². The van der Waals surface area contributed by atoms with E-state index < -0.39 is 11.6 Å². The summed E-state index contributed by atoms with van der Waals surface area (Å²) in [6, 6.07) is 7.34. The van der Waals surface area contributed by atoms with Gasteiger partial charge in [-0.3, -0.25) is 0 Å². The molecule has 1 heterocycles. The first-order chi connectivity index (χ1) is 8.16. The summed E-state index contributed by atoms with van der Waals surface area (Å²) in [5.74, 6) is -1.17. The van der Waals surface area contributed by atoms with Crippen LogP contribution in [0.3, 0.4) is 0 Å². The number of anilines is 1. The summed E-state index contributed by atoms with van der Waals surface area (Å²) in [5, 5.41) is 0.692. The molecule has 0 amide bonds. The maximum atomic E-state index is 13.0. The Morgan fingerprint density at radius 3 is 2.71 bits per heavy atom. The van der Waals surface area contributed by atoms with Crippen molar-refractivity contribution in [3.63, 3.8) is 0 Å². The predicted octanol–water partition coefficient (Wildman–Crippen LogP) is 3.23. The van der Waals surface area contributed by atoms with E-state index in [0.29, 0.717) is 22.0 Å². The number of rotatable bonds is 3. The van der Waals surface area contributed by atoms with E-state index in [-0.39, 0.29) is 0 Å². The first-order valence-corrected chi connectivity index (χ1v) is 5.92. The fraction of sp³-hybridized carbons (Fsp3) is 0.0833. The molecule has 0 aliphatic carbocycles. The Kier molecular flexibility index (Phi) is 3.58. The van der Waals surface area contributed by atoms with Crippen molar-refractivity contribution in [2.24, 2.45) is 0 Å². The quantitative estimate of drug-likeness (QED) is 0.852. The molecular formula is C12H10F2N2S. The minimum Gasteiger partial charge on any atom is -0.397 e. The van der Waals surface area contributed by atoms with Gasteiger partial charge in [0.2, 0.25) is 0 Å². The summed E-state index contributed by atoms with van der Waals surface area (Å²) in [5.41, 5.74) is 7.00. The van der Waals surface area contributed by atoms with Crippen molar-refractivity contribution < 1.29 is 8.78 Å². The number of aromatic nitrogens is 1. The van der Waals surface area contributed by atoms with E-state index in [9.17, 15) is 8.78 Å². The zero-order valence-corrected chi connectivity index (χ0v) is 9.68. The lowest BCUT2D eigenvalue weighted by atomic mass is 10.2. The Balaban J connectivity index is 2.08. The van der Waals surface area contributed by atoms with Crippen LogP contribution in [-0.4, -0.2) is 4.98 Å². The molecule has 0 aliphatic rings. The Morgan fingerprint density at radius 1 is 1.18 bits per heavy atom. The molecule has 1 aromatic heterocycles. The number of pyridine rings is 1. The smallest absolute Gasteiger partial charge is 0.159 e. The Hall–Kier alpha value is -1.62. The minimum absolute atomic E-state index is 0.498. The second kappa shape index (κ2) is 5.14. The molecule has 5 heteroatoms. The maximum Gasteiger partial charge on any atom is 0.159 e. The van der Waals surface area contributed by atoms with Crippen LogP contribution >= 0.6 is 11.8 Å². The monoisotopic (exact) mass is 252 g/mol. The molecule has 0 spiro atoms. The van der Waals surface area contributed by atoms with E-state index in [4.69, 9.17) is 5.73 Å². The highest BCUT2D eigenvalue weighted by atomic mass is 32.2. The minimum atomic E-state index is -0.837. The van der Waals surface area contributed by atoms with Gasteiger partial charge in [-0.1, -0.05) is 17.8 Å². The normalized spacial score (nSPS) is 10.5. The van der Waals surface area contributed by atoms with E-state index in [2.05, 4.69) is 4.98 Å². The lowest BCUT2D eigenvalue weighted by Crippen LogP contribution is -1.92. The molecule has 0 unspecified atom stereocenters. The summed E-state index contributed by atoms with van der Waals surface area (Å²) < 4.78 is 25.7. The van der Waals surface area contributed by atoms with E-state index in [0.717, 1.165) is 6.07 Å². The van der Waals surface area contributed by atoms with Gasteiger partial charge in [-0.2, -0.15) is 0 Å². The largest absolute Gasteiger partial charge is 0.397 e. The first kappa shape index (κ1) is 11.9. The summed E-state index contributed by atoms with van der Waals surface area (Å²) in [6.45, 7) is 0. The number of nitrogens with two attached hydrogens (primary N) is 1. The zero-order chi connectivity index (χ0) is 12.3. The molecule has 0 saturated heterocycles. The van der Waals surface area contributed by atoms with Crippen molar-refractivity contribution in [2.75, 3.05) is 5.73 Å². The van der Waals surface area contributed by atoms with Crippen LogP contribution in [0.15, 0.2) is 41.6 Å². The number of hydrogen-bond acceptors (Lipinski definition) is 3. The fourth-order valence-corrected chi connectivity index (χ4v) is 2.16. The number of halogens is 2. The lowest BCUT2D eigenvalue weighted by molar-refractivity contribution is 0.507. The molecule has 0 atom stereocenters. The van der Waals surface area contributed by atoms with E-state index >= 15 is 0 Å². The van der Waals surface area contributed by atoms with Gasteiger partial charge in [0.1, 0.15) is 5.03 Å². The Labute approximate surface area is 102 Å². The second-order valence-corrected chi connectivity index (χ2v) is 4.40. The molecule has 0 radical (unpaired) electrons. The van der Waals surface area contributed by atoms with Gasteiger partial charge in [0.05, 0.1) is 5.69 Å². The van der Waals surface area contributed by atoms with E-state index in [1.807, 2.05) is 0 Å². The summed E-state index contributed by atoms with van der Waals surface area (Å²) in [7, 11) is 0. The van der Waals surface area contributed by atoms with Gasteiger partial charge in [-0.25, -0.2) is 13.8 Å². The molecule has 0 bridgehead atoms. The highest BCUT2D eigenvalue weighted by Gasteiger charge is 2.05. The van der Waals surface area contributed by atoms with Gasteiger partial charge < -0.3 is 5.73 Å². The van der Waals surface area contributed by atoms with Crippen molar-refractivity contribution >= 4 is 17.4 Å². The highest BCUT2D eigenvalue weighted by molar-refractivity contribution is 7.98. The second-order valence-electron chi connectivity index (χ2n) is 3.43. The van der Waals surface area contributed by atoms with Gasteiger partial charge in [0.15, 0.2) is 11.6 Å². The van der Waals surface area contributed by atoms with Crippen LogP contribution in [0, 0.1) is 11.6 Å². The van der Waals surface area contributed by atoms with Gasteiger partial charge >= 0.3 is 0 Å². The molecule has 2 nitrogen and oxygen atoms in total. The summed E-state index contributed by atoms with van der Waals surface area (Å²) in [4.78, 5) is 4.10. The first-order valence-electron chi connectivity index (χ1n) is 4.94. The van der Waals surface area contributed by atoms with Gasteiger partial charge in [0.25, 0.3) is 0 Å². The van der Waals surface area contributed by atoms with Gasteiger partial charge in [0, 0.05) is 11.9 Å². The van der Waals surface area contributed by atoms with Crippen molar-refractivity contribution in [2.45, 2.75) is 10.8 Å². The topological polar surface area (TPSA) is 38.9 Å². The summed E-state index contributed by atoms with van der Waals surface area (Å²) >= 11 is 1.39. The molecule has 88 valence electrons. The number of nitrogen functional groups attached to an aromatic ring is 1. The van der Waals surface area contributed by atoms with Crippen molar-refractivity contribution in [1.82, 2.24) is 4.98 Å². The zero-order valence-electron chi connectivity index (χ0n) is 8.86. The third-order valence-corrected chi connectivity index (χ3v) is 3.25. The van der Waals surface area contributed by atoms with Crippen LogP contribution in [0.2, 0.25) is 0 Å². The molecule has 0 aliphatic heterocycles. The lowest BCUT2D eigenvalue weighted by Gasteiger charge is -2.04. The molecular weight excluding hydrogens is 242 g/mol. The third-order valence-electron chi connectivity index (χ3n) is 2.16. The molecule has 2 aromatic rings. The number of benzene rings is 1. The molecule has 17 heavy (non-hydrogen) atoms. The van der Waals surface area contributed by atoms with Crippen LogP contribution in [0.1, 0.15) is 5.56 Å². The van der Waals surface area contributed by atoms with Crippen LogP contribution in [-0.2, 0) is 5.75 Å². The fourth-order valence-electron chi connectivity index (χ4n) is 1.30. The van der Waals surface area contributed by atoms with Crippen molar-refractivity contribution in [3.05, 3.63) is 53.7 Å². The maximum absolute atomic E-state index is 13.0. The molecule has 0 saturated carbocycles. The van der Waals surface area contributed by atoms with Crippen LogP contribution in [0.25, 0.3) is 0 Å². The standard InChI is InChI=1S/C12H10F2N2S/c13-9-4-3-8(6-10(9)14)7-17-12-11(15)2-1-5-16-12/h1-6H,7,15H2. The molecule has 2 rings (SSSR count). The van der Waals surface area contributed by atoms with Crippen LogP contribution in [0.4, 0.5) is 14.5 Å².